The largest absolute Gasteiger partial charge is 0.409 e. The van der Waals surface area contributed by atoms with Crippen LogP contribution in [0.5, 0.6) is 0 Å². The van der Waals surface area contributed by atoms with Gasteiger partial charge >= 0.3 is 0 Å². The Morgan fingerprint density at radius 3 is 2.50 bits per heavy atom. The quantitative estimate of drug-likeness (QED) is 0.351. The smallest absolute Gasteiger partial charge is 0.168 e. The molecule has 0 amide bonds. The summed E-state index contributed by atoms with van der Waals surface area (Å²) in [5.41, 5.74) is 6.70. The van der Waals surface area contributed by atoms with Gasteiger partial charge in [-0.15, -0.1) is 0 Å². The molecule has 2 heterocycles. The molecule has 0 aromatic carbocycles. The third kappa shape index (κ3) is 1.67. The summed E-state index contributed by atoms with van der Waals surface area (Å²) in [6, 6.07) is 7.40. The standard InChI is InChI=1S/C11H14N4O/c1-14-6-4-5-9(14)10(11(12)13-16)15-7-2-3-8-15/h2-8,10,16H,1H3,(H2,12,13). The van der Waals surface area contributed by atoms with Crippen LogP contribution in [0, 0.1) is 0 Å². The molecule has 0 radical (unpaired) electrons. The molecule has 1 atom stereocenters. The van der Waals surface area contributed by atoms with E-state index < -0.39 is 0 Å². The SMILES string of the molecule is Cn1cccc1C(/C(N)=N/O)n1cccc1. The first-order valence-corrected chi connectivity index (χ1v) is 4.95. The highest BCUT2D eigenvalue weighted by Crippen LogP contribution is 2.18. The minimum Gasteiger partial charge on any atom is -0.409 e. The molecule has 0 fully saturated rings. The lowest BCUT2D eigenvalue weighted by atomic mass is 10.2. The molecule has 5 nitrogen and oxygen atoms in total. The van der Waals surface area contributed by atoms with E-state index >= 15 is 0 Å². The van der Waals surface area contributed by atoms with Crippen LogP contribution < -0.4 is 5.73 Å². The third-order valence-corrected chi connectivity index (χ3v) is 2.59. The van der Waals surface area contributed by atoms with Gasteiger partial charge in [0.05, 0.1) is 0 Å². The number of aryl methyl sites for hydroxylation is 1. The zero-order chi connectivity index (χ0) is 11.5. The highest BCUT2D eigenvalue weighted by atomic mass is 16.4. The molecule has 2 aromatic heterocycles. The summed E-state index contributed by atoms with van der Waals surface area (Å²) in [4.78, 5) is 0. The molecule has 0 spiro atoms. The van der Waals surface area contributed by atoms with Crippen molar-refractivity contribution in [3.8, 4) is 0 Å². The normalized spacial score (nSPS) is 13.9. The fourth-order valence-electron chi connectivity index (χ4n) is 1.79. The van der Waals surface area contributed by atoms with E-state index in [9.17, 15) is 0 Å². The van der Waals surface area contributed by atoms with Crippen LogP contribution >= 0.6 is 0 Å². The lowest BCUT2D eigenvalue weighted by Crippen LogP contribution is -2.28. The molecule has 0 saturated carbocycles. The molecule has 0 aliphatic carbocycles. The molecule has 2 aromatic rings. The number of rotatable bonds is 3. The van der Waals surface area contributed by atoms with Crippen LogP contribution in [0.3, 0.4) is 0 Å². The Morgan fingerprint density at radius 2 is 2.00 bits per heavy atom. The first-order valence-electron chi connectivity index (χ1n) is 4.95. The van der Waals surface area contributed by atoms with E-state index in [1.807, 2.05) is 59.0 Å². The Labute approximate surface area is 93.4 Å². The van der Waals surface area contributed by atoms with Gasteiger partial charge in [0.25, 0.3) is 0 Å². The number of nitrogens with zero attached hydrogens (tertiary/aromatic N) is 3. The number of hydrogen-bond acceptors (Lipinski definition) is 2. The average Bonchev–Trinajstić information content (AvgIpc) is 2.92. The van der Waals surface area contributed by atoms with E-state index in [-0.39, 0.29) is 11.9 Å². The Hall–Kier alpha value is -2.17. The summed E-state index contributed by atoms with van der Waals surface area (Å²) in [5.74, 6) is 0.165. The Morgan fingerprint density at radius 1 is 1.31 bits per heavy atom. The first kappa shape index (κ1) is 10.4. The molecule has 3 N–H and O–H groups in total. The van der Waals surface area contributed by atoms with E-state index in [0.717, 1.165) is 5.69 Å². The molecule has 0 aliphatic rings. The van der Waals surface area contributed by atoms with Gasteiger partial charge in [0.15, 0.2) is 5.84 Å². The van der Waals surface area contributed by atoms with Gasteiger partial charge in [0, 0.05) is 31.3 Å². The van der Waals surface area contributed by atoms with Crippen molar-refractivity contribution in [1.29, 1.82) is 0 Å². The average molecular weight is 218 g/mol. The van der Waals surface area contributed by atoms with Gasteiger partial charge in [0.2, 0.25) is 0 Å². The van der Waals surface area contributed by atoms with Crippen molar-refractivity contribution >= 4 is 5.84 Å². The van der Waals surface area contributed by atoms with Crippen molar-refractivity contribution in [3.63, 3.8) is 0 Å². The van der Waals surface area contributed by atoms with Gasteiger partial charge in [-0.05, 0) is 24.3 Å². The summed E-state index contributed by atoms with van der Waals surface area (Å²) < 4.78 is 3.84. The number of aromatic nitrogens is 2. The third-order valence-electron chi connectivity index (χ3n) is 2.59. The minimum absolute atomic E-state index is 0.165. The highest BCUT2D eigenvalue weighted by Gasteiger charge is 2.19. The first-order chi connectivity index (χ1) is 7.74. The van der Waals surface area contributed by atoms with Gasteiger partial charge in [0.1, 0.15) is 6.04 Å². The molecule has 84 valence electrons. The molecule has 16 heavy (non-hydrogen) atoms. The Bertz CT molecular complexity index is 484. The lowest BCUT2D eigenvalue weighted by Gasteiger charge is -2.18. The van der Waals surface area contributed by atoms with Crippen molar-refractivity contribution in [2.24, 2.45) is 17.9 Å². The molecule has 0 aliphatic heterocycles. The van der Waals surface area contributed by atoms with Crippen LogP contribution in [-0.2, 0) is 7.05 Å². The molecule has 0 saturated heterocycles. The van der Waals surface area contributed by atoms with E-state index in [0.29, 0.717) is 0 Å². The van der Waals surface area contributed by atoms with Crippen LogP contribution in [0.15, 0.2) is 48.0 Å². The second-order valence-corrected chi connectivity index (χ2v) is 3.60. The van der Waals surface area contributed by atoms with Crippen molar-refractivity contribution in [2.45, 2.75) is 6.04 Å². The van der Waals surface area contributed by atoms with Gasteiger partial charge in [-0.1, -0.05) is 5.16 Å². The zero-order valence-corrected chi connectivity index (χ0v) is 8.99. The molecular formula is C11H14N4O. The van der Waals surface area contributed by atoms with Crippen molar-refractivity contribution < 1.29 is 5.21 Å². The van der Waals surface area contributed by atoms with Crippen molar-refractivity contribution in [1.82, 2.24) is 9.13 Å². The van der Waals surface area contributed by atoms with Gasteiger partial charge in [-0.25, -0.2) is 0 Å². The van der Waals surface area contributed by atoms with Crippen LogP contribution in [0.2, 0.25) is 0 Å². The predicted molar refractivity (Wildman–Crippen MR) is 61.4 cm³/mol. The summed E-state index contributed by atoms with van der Waals surface area (Å²) in [7, 11) is 1.93. The van der Waals surface area contributed by atoms with E-state index in [4.69, 9.17) is 10.9 Å². The van der Waals surface area contributed by atoms with E-state index in [1.165, 1.54) is 0 Å². The minimum atomic E-state index is -0.278. The Balaban J connectivity index is 2.48. The molecular weight excluding hydrogens is 204 g/mol. The maximum atomic E-state index is 8.83. The topological polar surface area (TPSA) is 68.5 Å². The van der Waals surface area contributed by atoms with Crippen LogP contribution in [0.4, 0.5) is 0 Å². The van der Waals surface area contributed by atoms with Gasteiger partial charge in [-0.2, -0.15) is 0 Å². The second kappa shape index (κ2) is 4.14. The number of hydrogen-bond donors (Lipinski definition) is 2. The molecule has 5 heteroatoms. The van der Waals surface area contributed by atoms with Crippen molar-refractivity contribution in [3.05, 3.63) is 48.5 Å². The molecule has 0 bridgehead atoms. The lowest BCUT2D eigenvalue weighted by molar-refractivity contribution is 0.314. The van der Waals surface area contributed by atoms with Crippen LogP contribution in [0.1, 0.15) is 11.7 Å². The molecule has 1 unspecified atom stereocenters. The summed E-state index contributed by atoms with van der Waals surface area (Å²) in [5, 5.41) is 11.9. The maximum absolute atomic E-state index is 8.83. The predicted octanol–water partition coefficient (Wildman–Crippen LogP) is 1.16. The number of nitrogens with two attached hydrogens (primary N) is 1. The van der Waals surface area contributed by atoms with E-state index in [1.54, 1.807) is 0 Å². The van der Waals surface area contributed by atoms with Crippen molar-refractivity contribution in [2.75, 3.05) is 0 Å². The maximum Gasteiger partial charge on any atom is 0.168 e. The Kier molecular flexibility index (Phi) is 2.68. The second-order valence-electron chi connectivity index (χ2n) is 3.60. The number of oxime groups is 1. The number of amidine groups is 1. The summed E-state index contributed by atoms with van der Waals surface area (Å²) >= 11 is 0. The monoisotopic (exact) mass is 218 g/mol. The summed E-state index contributed by atoms with van der Waals surface area (Å²) in [6.07, 6.45) is 5.70. The fourth-order valence-corrected chi connectivity index (χ4v) is 1.79. The van der Waals surface area contributed by atoms with Crippen LogP contribution in [0.25, 0.3) is 0 Å². The summed E-state index contributed by atoms with van der Waals surface area (Å²) in [6.45, 7) is 0. The van der Waals surface area contributed by atoms with Gasteiger partial charge in [-0.3, -0.25) is 0 Å². The zero-order valence-electron chi connectivity index (χ0n) is 8.99. The fraction of sp³-hybridized carbons (Fsp3) is 0.182. The van der Waals surface area contributed by atoms with Gasteiger partial charge < -0.3 is 20.1 Å². The van der Waals surface area contributed by atoms with E-state index in [2.05, 4.69) is 5.16 Å². The highest BCUT2D eigenvalue weighted by molar-refractivity contribution is 5.86. The van der Waals surface area contributed by atoms with Crippen LogP contribution in [-0.4, -0.2) is 20.2 Å². The molecule has 2 rings (SSSR count).